The summed E-state index contributed by atoms with van der Waals surface area (Å²) >= 11 is 0. The molecule has 130 valence electrons. The first kappa shape index (κ1) is 14.4. The molecule has 0 atom stereocenters. The van der Waals surface area contributed by atoms with Gasteiger partial charge in [0, 0.05) is 27.1 Å². The minimum atomic E-state index is -0.405. The fourth-order valence-corrected chi connectivity index (χ4v) is 4.13. The zero-order valence-electron chi connectivity index (χ0n) is 14.2. The summed E-state index contributed by atoms with van der Waals surface area (Å²) in [4.78, 5) is 28.7. The molecule has 0 saturated carbocycles. The second kappa shape index (κ2) is 4.67. The topological polar surface area (TPSA) is 84.3 Å². The van der Waals surface area contributed by atoms with E-state index in [9.17, 15) is 9.59 Å². The standard InChI is InChI=1S/C21H12N2O4/c1-26-9-6-7-13-11(8-9)15-17-16(20(24)23-21(17)25)14-10-4-2-3-5-12(10)22-18(14)19(15)27-13/h2-8,22H,1H3,(H,23,24,25). The van der Waals surface area contributed by atoms with E-state index in [1.807, 2.05) is 36.4 Å². The highest BCUT2D eigenvalue weighted by Gasteiger charge is 2.35. The second-order valence-electron chi connectivity index (χ2n) is 6.62. The Morgan fingerprint density at radius 3 is 2.52 bits per heavy atom. The molecule has 0 bridgehead atoms. The number of fused-ring (bicyclic) bond motifs is 10. The number of rotatable bonds is 1. The predicted octanol–water partition coefficient (Wildman–Crippen LogP) is 4.11. The molecule has 1 aliphatic heterocycles. The van der Waals surface area contributed by atoms with Crippen molar-refractivity contribution in [1.82, 2.24) is 10.3 Å². The largest absolute Gasteiger partial charge is 0.497 e. The molecule has 5 aromatic rings. The van der Waals surface area contributed by atoms with E-state index in [2.05, 4.69) is 10.3 Å². The summed E-state index contributed by atoms with van der Waals surface area (Å²) in [5, 5.41) is 5.40. The van der Waals surface area contributed by atoms with Gasteiger partial charge in [-0.3, -0.25) is 14.9 Å². The fraction of sp³-hybridized carbons (Fsp3) is 0.0476. The molecule has 0 unspecified atom stereocenters. The summed E-state index contributed by atoms with van der Waals surface area (Å²) < 4.78 is 11.5. The minimum absolute atomic E-state index is 0.360. The number of methoxy groups -OCH3 is 1. The number of ether oxygens (including phenoxy) is 1. The van der Waals surface area contributed by atoms with Gasteiger partial charge in [-0.15, -0.1) is 0 Å². The van der Waals surface area contributed by atoms with Crippen molar-refractivity contribution in [2.75, 3.05) is 7.11 Å². The van der Waals surface area contributed by atoms with Gasteiger partial charge in [0.2, 0.25) is 0 Å². The highest BCUT2D eigenvalue weighted by Crippen LogP contribution is 2.43. The fourth-order valence-electron chi connectivity index (χ4n) is 4.13. The Balaban J connectivity index is 1.97. The summed E-state index contributed by atoms with van der Waals surface area (Å²) in [6.45, 7) is 0. The molecule has 6 nitrogen and oxygen atoms in total. The summed E-state index contributed by atoms with van der Waals surface area (Å²) in [6.07, 6.45) is 0. The minimum Gasteiger partial charge on any atom is -0.497 e. The lowest BCUT2D eigenvalue weighted by atomic mass is 9.97. The Hall–Kier alpha value is -3.80. The first-order chi connectivity index (χ1) is 13.2. The lowest BCUT2D eigenvalue weighted by Gasteiger charge is -2.02. The summed E-state index contributed by atoms with van der Waals surface area (Å²) in [6, 6.07) is 13.1. The monoisotopic (exact) mass is 356 g/mol. The average Bonchev–Trinajstić information content (AvgIpc) is 3.32. The van der Waals surface area contributed by atoms with Crippen LogP contribution in [0.4, 0.5) is 0 Å². The molecule has 0 spiro atoms. The summed E-state index contributed by atoms with van der Waals surface area (Å²) in [7, 11) is 1.58. The number of para-hydroxylation sites is 1. The smallest absolute Gasteiger partial charge is 0.259 e. The second-order valence-corrected chi connectivity index (χ2v) is 6.62. The van der Waals surface area contributed by atoms with Gasteiger partial charge in [-0.05, 0) is 24.3 Å². The van der Waals surface area contributed by atoms with Crippen LogP contribution in [0, 0.1) is 0 Å². The molecule has 27 heavy (non-hydrogen) atoms. The normalized spacial score (nSPS) is 13.8. The van der Waals surface area contributed by atoms with Crippen LogP contribution in [-0.2, 0) is 0 Å². The molecule has 6 rings (SSSR count). The van der Waals surface area contributed by atoms with Gasteiger partial charge in [0.1, 0.15) is 11.3 Å². The number of benzene rings is 3. The van der Waals surface area contributed by atoms with Gasteiger partial charge in [-0.1, -0.05) is 18.2 Å². The first-order valence-corrected chi connectivity index (χ1v) is 8.49. The van der Waals surface area contributed by atoms with Crippen LogP contribution in [0.3, 0.4) is 0 Å². The van der Waals surface area contributed by atoms with E-state index >= 15 is 0 Å². The molecule has 0 radical (unpaired) electrons. The van der Waals surface area contributed by atoms with Gasteiger partial charge in [-0.25, -0.2) is 0 Å². The molecular formula is C21H12N2O4. The number of carbonyl (C=O) groups is 2. The molecule has 2 aromatic heterocycles. The summed E-state index contributed by atoms with van der Waals surface area (Å²) in [5.74, 6) is -0.137. The number of hydrogen-bond donors (Lipinski definition) is 2. The van der Waals surface area contributed by atoms with Gasteiger partial charge in [0.05, 0.1) is 23.8 Å². The Morgan fingerprint density at radius 1 is 0.926 bits per heavy atom. The number of amides is 2. The third-order valence-corrected chi connectivity index (χ3v) is 5.26. The molecule has 3 aromatic carbocycles. The number of nitrogens with one attached hydrogen (secondary N) is 2. The van der Waals surface area contributed by atoms with Crippen LogP contribution in [0.25, 0.3) is 43.7 Å². The van der Waals surface area contributed by atoms with Crippen LogP contribution in [0.2, 0.25) is 0 Å². The highest BCUT2D eigenvalue weighted by molar-refractivity contribution is 6.38. The number of furan rings is 1. The quantitative estimate of drug-likeness (QED) is 0.443. The van der Waals surface area contributed by atoms with E-state index in [1.165, 1.54) is 0 Å². The van der Waals surface area contributed by atoms with Crippen LogP contribution in [0.15, 0.2) is 46.9 Å². The molecule has 0 fully saturated rings. The number of carbonyl (C=O) groups excluding carboxylic acids is 2. The average molecular weight is 356 g/mol. The summed E-state index contributed by atoms with van der Waals surface area (Å²) in [5.41, 5.74) is 3.54. The third kappa shape index (κ3) is 1.65. The van der Waals surface area contributed by atoms with E-state index in [0.717, 1.165) is 16.3 Å². The number of imide groups is 1. The number of aromatic amines is 1. The maximum absolute atomic E-state index is 12.7. The molecule has 6 heteroatoms. The van der Waals surface area contributed by atoms with Crippen LogP contribution in [0.5, 0.6) is 5.75 Å². The van der Waals surface area contributed by atoms with Crippen LogP contribution < -0.4 is 10.1 Å². The van der Waals surface area contributed by atoms with Gasteiger partial charge in [-0.2, -0.15) is 0 Å². The van der Waals surface area contributed by atoms with Gasteiger partial charge >= 0.3 is 0 Å². The molecular weight excluding hydrogens is 344 g/mol. The van der Waals surface area contributed by atoms with Crippen molar-refractivity contribution >= 4 is 55.6 Å². The number of H-pyrrole nitrogens is 1. The van der Waals surface area contributed by atoms with Crippen molar-refractivity contribution in [2.24, 2.45) is 0 Å². The van der Waals surface area contributed by atoms with Crippen LogP contribution >= 0.6 is 0 Å². The van der Waals surface area contributed by atoms with Crippen LogP contribution in [-0.4, -0.2) is 23.9 Å². The van der Waals surface area contributed by atoms with E-state index in [0.29, 0.717) is 44.3 Å². The molecule has 1 aliphatic rings. The van der Waals surface area contributed by atoms with Gasteiger partial charge in [0.25, 0.3) is 11.8 Å². The number of hydrogen-bond acceptors (Lipinski definition) is 4. The third-order valence-electron chi connectivity index (χ3n) is 5.26. The SMILES string of the molecule is COc1ccc2oc3c4[nH]c5ccccc5c4c4c(c3c2c1)C(=O)NC4=O. The predicted molar refractivity (Wildman–Crippen MR) is 101 cm³/mol. The van der Waals surface area contributed by atoms with Crippen molar-refractivity contribution < 1.29 is 18.7 Å². The molecule has 2 N–H and O–H groups in total. The zero-order chi connectivity index (χ0) is 18.3. The maximum atomic E-state index is 12.7. The van der Waals surface area contributed by atoms with Crippen molar-refractivity contribution in [1.29, 1.82) is 0 Å². The van der Waals surface area contributed by atoms with Crippen LogP contribution in [0.1, 0.15) is 20.7 Å². The Bertz CT molecular complexity index is 1470. The molecule has 3 heterocycles. The van der Waals surface area contributed by atoms with E-state index in [1.54, 1.807) is 13.2 Å². The van der Waals surface area contributed by atoms with E-state index in [4.69, 9.17) is 9.15 Å². The first-order valence-electron chi connectivity index (χ1n) is 8.49. The van der Waals surface area contributed by atoms with E-state index in [-0.39, 0.29) is 5.91 Å². The van der Waals surface area contributed by atoms with Gasteiger partial charge in [0.15, 0.2) is 5.58 Å². The van der Waals surface area contributed by atoms with Crippen molar-refractivity contribution in [2.45, 2.75) is 0 Å². The number of aromatic nitrogens is 1. The van der Waals surface area contributed by atoms with Gasteiger partial charge < -0.3 is 14.1 Å². The lowest BCUT2D eigenvalue weighted by molar-refractivity contribution is 0.0880. The Kier molecular flexibility index (Phi) is 2.49. The maximum Gasteiger partial charge on any atom is 0.259 e. The van der Waals surface area contributed by atoms with Crippen molar-refractivity contribution in [3.63, 3.8) is 0 Å². The van der Waals surface area contributed by atoms with Crippen molar-refractivity contribution in [3.05, 3.63) is 53.6 Å². The van der Waals surface area contributed by atoms with E-state index < -0.39 is 5.91 Å². The molecule has 2 amide bonds. The molecule has 0 saturated heterocycles. The zero-order valence-corrected chi connectivity index (χ0v) is 14.2. The Morgan fingerprint density at radius 2 is 1.70 bits per heavy atom. The lowest BCUT2D eigenvalue weighted by Crippen LogP contribution is -2.20. The Labute approximate surface area is 151 Å². The molecule has 0 aliphatic carbocycles. The highest BCUT2D eigenvalue weighted by atomic mass is 16.5. The van der Waals surface area contributed by atoms with Crippen molar-refractivity contribution in [3.8, 4) is 5.75 Å².